The number of piperidine rings is 1. The zero-order valence-corrected chi connectivity index (χ0v) is 11.9. The lowest BCUT2D eigenvalue weighted by atomic mass is 9.84. The van der Waals surface area contributed by atoms with Gasteiger partial charge in [0.2, 0.25) is 5.91 Å². The van der Waals surface area contributed by atoms with Crippen LogP contribution >= 0.6 is 0 Å². The van der Waals surface area contributed by atoms with Crippen LogP contribution in [-0.4, -0.2) is 46.7 Å². The summed E-state index contributed by atoms with van der Waals surface area (Å²) in [7, 11) is 0. The minimum absolute atomic E-state index is 0.00660. The van der Waals surface area contributed by atoms with Crippen LogP contribution in [0.25, 0.3) is 0 Å². The first-order chi connectivity index (χ1) is 8.84. The number of carbonyl (C=O) groups excluding carboxylic acids is 1. The Morgan fingerprint density at radius 3 is 2.58 bits per heavy atom. The molecule has 5 heteroatoms. The van der Waals surface area contributed by atoms with Crippen LogP contribution in [0, 0.1) is 11.3 Å². The normalized spacial score (nSPS) is 20.4. The van der Waals surface area contributed by atoms with Gasteiger partial charge in [0.15, 0.2) is 0 Å². The lowest BCUT2D eigenvalue weighted by Crippen LogP contribution is -2.42. The number of aliphatic hydroxyl groups is 1. The van der Waals surface area contributed by atoms with Crippen LogP contribution in [-0.2, 0) is 9.59 Å². The third-order valence-corrected chi connectivity index (χ3v) is 3.67. The fourth-order valence-corrected chi connectivity index (χ4v) is 2.70. The van der Waals surface area contributed by atoms with E-state index in [1.165, 1.54) is 0 Å². The Kier molecular flexibility index (Phi) is 5.79. The van der Waals surface area contributed by atoms with Crippen molar-refractivity contribution in [1.82, 2.24) is 4.90 Å². The van der Waals surface area contributed by atoms with Crippen LogP contribution in [0.15, 0.2) is 0 Å². The molecule has 1 atom stereocenters. The van der Waals surface area contributed by atoms with Gasteiger partial charge in [0.25, 0.3) is 0 Å². The average Bonchev–Trinajstić information content (AvgIpc) is 2.27. The second-order valence-corrected chi connectivity index (χ2v) is 6.27. The summed E-state index contributed by atoms with van der Waals surface area (Å²) in [4.78, 5) is 24.8. The second-order valence-electron chi connectivity index (χ2n) is 6.27. The molecule has 1 aliphatic rings. The number of carbonyl (C=O) groups is 2. The molecule has 0 spiro atoms. The van der Waals surface area contributed by atoms with Crippen molar-refractivity contribution < 1.29 is 19.8 Å². The van der Waals surface area contributed by atoms with Gasteiger partial charge >= 0.3 is 5.97 Å². The first-order valence-electron chi connectivity index (χ1n) is 6.94. The smallest absolute Gasteiger partial charge is 0.303 e. The van der Waals surface area contributed by atoms with Gasteiger partial charge in [-0.05, 0) is 30.6 Å². The van der Waals surface area contributed by atoms with Crippen molar-refractivity contribution in [3.8, 4) is 0 Å². The van der Waals surface area contributed by atoms with Gasteiger partial charge in [-0.25, -0.2) is 0 Å². The summed E-state index contributed by atoms with van der Waals surface area (Å²) in [6, 6.07) is 0. The molecule has 0 radical (unpaired) electrons. The molecular weight excluding hydrogens is 246 g/mol. The van der Waals surface area contributed by atoms with E-state index >= 15 is 0 Å². The van der Waals surface area contributed by atoms with Crippen molar-refractivity contribution in [2.75, 3.05) is 19.7 Å². The molecule has 1 amide bonds. The van der Waals surface area contributed by atoms with Crippen LogP contribution in [0.1, 0.15) is 46.0 Å². The number of nitrogens with zero attached hydrogens (tertiary/aromatic N) is 1. The molecule has 0 bridgehead atoms. The predicted molar refractivity (Wildman–Crippen MR) is 71.7 cm³/mol. The zero-order valence-electron chi connectivity index (χ0n) is 11.9. The van der Waals surface area contributed by atoms with E-state index < -0.39 is 11.4 Å². The Morgan fingerprint density at radius 1 is 1.32 bits per heavy atom. The quantitative estimate of drug-likeness (QED) is 0.767. The van der Waals surface area contributed by atoms with Crippen molar-refractivity contribution >= 4 is 11.9 Å². The molecule has 0 aromatic heterocycles. The first-order valence-corrected chi connectivity index (χ1v) is 6.94. The number of aliphatic hydroxyl groups excluding tert-OH is 1. The Morgan fingerprint density at radius 2 is 2.00 bits per heavy atom. The van der Waals surface area contributed by atoms with Gasteiger partial charge in [-0.2, -0.15) is 0 Å². The summed E-state index contributed by atoms with van der Waals surface area (Å²) < 4.78 is 0. The van der Waals surface area contributed by atoms with Gasteiger partial charge in [-0.15, -0.1) is 0 Å². The van der Waals surface area contributed by atoms with Crippen molar-refractivity contribution in [1.29, 1.82) is 0 Å². The van der Waals surface area contributed by atoms with Gasteiger partial charge in [0.1, 0.15) is 0 Å². The molecule has 110 valence electrons. The van der Waals surface area contributed by atoms with Gasteiger partial charge in [0.05, 0.1) is 6.42 Å². The van der Waals surface area contributed by atoms with Gasteiger partial charge in [-0.3, -0.25) is 9.59 Å². The second kappa shape index (κ2) is 6.89. The first kappa shape index (κ1) is 16.0. The zero-order chi connectivity index (χ0) is 14.5. The van der Waals surface area contributed by atoms with Crippen molar-refractivity contribution in [3.05, 3.63) is 0 Å². The van der Waals surface area contributed by atoms with Crippen LogP contribution in [0.4, 0.5) is 0 Å². The van der Waals surface area contributed by atoms with E-state index in [2.05, 4.69) is 0 Å². The molecule has 0 aromatic carbocycles. The molecule has 1 unspecified atom stereocenters. The van der Waals surface area contributed by atoms with Gasteiger partial charge in [-0.1, -0.05) is 13.8 Å². The maximum absolute atomic E-state index is 12.2. The molecule has 1 rings (SSSR count). The van der Waals surface area contributed by atoms with Crippen LogP contribution in [0.2, 0.25) is 0 Å². The minimum atomic E-state index is -0.866. The number of carboxylic acids is 1. The Labute approximate surface area is 114 Å². The van der Waals surface area contributed by atoms with E-state index in [-0.39, 0.29) is 25.4 Å². The average molecular weight is 271 g/mol. The molecule has 1 saturated heterocycles. The fraction of sp³-hybridized carbons (Fsp3) is 0.857. The van der Waals surface area contributed by atoms with E-state index in [4.69, 9.17) is 10.2 Å². The van der Waals surface area contributed by atoms with Crippen molar-refractivity contribution in [2.24, 2.45) is 11.3 Å². The van der Waals surface area contributed by atoms with E-state index in [0.29, 0.717) is 12.5 Å². The standard InChI is InChI=1S/C14H25NO4/c1-14(2,9-13(18)19)8-12(17)15-6-3-4-11(10-15)5-7-16/h11,16H,3-10H2,1-2H3,(H,18,19). The SMILES string of the molecule is CC(C)(CC(=O)O)CC(=O)N1CCCC(CCO)C1. The highest BCUT2D eigenvalue weighted by Crippen LogP contribution is 2.28. The lowest BCUT2D eigenvalue weighted by molar-refractivity contribution is -0.141. The molecule has 5 nitrogen and oxygen atoms in total. The Balaban J connectivity index is 2.50. The van der Waals surface area contributed by atoms with Gasteiger partial charge < -0.3 is 15.1 Å². The third-order valence-electron chi connectivity index (χ3n) is 3.67. The van der Waals surface area contributed by atoms with E-state index in [9.17, 15) is 9.59 Å². The van der Waals surface area contributed by atoms with E-state index in [1.54, 1.807) is 0 Å². The third kappa shape index (κ3) is 5.59. The summed E-state index contributed by atoms with van der Waals surface area (Å²) in [5, 5.41) is 17.8. The number of rotatable bonds is 6. The summed E-state index contributed by atoms with van der Waals surface area (Å²) in [6.45, 7) is 5.24. The fourth-order valence-electron chi connectivity index (χ4n) is 2.70. The number of hydrogen-bond acceptors (Lipinski definition) is 3. The minimum Gasteiger partial charge on any atom is -0.481 e. The molecule has 2 N–H and O–H groups in total. The summed E-state index contributed by atoms with van der Waals surface area (Å²) in [6.07, 6.45) is 3.04. The highest BCUT2D eigenvalue weighted by atomic mass is 16.4. The largest absolute Gasteiger partial charge is 0.481 e. The molecule has 1 heterocycles. The monoisotopic (exact) mass is 271 g/mol. The number of hydrogen-bond donors (Lipinski definition) is 2. The number of likely N-dealkylation sites (tertiary alicyclic amines) is 1. The lowest BCUT2D eigenvalue weighted by Gasteiger charge is -2.34. The highest BCUT2D eigenvalue weighted by molar-refractivity contribution is 5.78. The van der Waals surface area contributed by atoms with Crippen LogP contribution in [0.3, 0.4) is 0 Å². The van der Waals surface area contributed by atoms with Gasteiger partial charge in [0, 0.05) is 26.1 Å². The summed E-state index contributed by atoms with van der Waals surface area (Å²) in [5.41, 5.74) is -0.507. The van der Waals surface area contributed by atoms with Crippen molar-refractivity contribution in [2.45, 2.75) is 46.0 Å². The molecule has 1 fully saturated rings. The summed E-state index contributed by atoms with van der Waals surface area (Å²) >= 11 is 0. The van der Waals surface area contributed by atoms with Crippen LogP contribution < -0.4 is 0 Å². The molecule has 0 aromatic rings. The maximum Gasteiger partial charge on any atom is 0.303 e. The molecule has 1 aliphatic heterocycles. The molecular formula is C14H25NO4. The van der Waals surface area contributed by atoms with Crippen LogP contribution in [0.5, 0.6) is 0 Å². The Hall–Kier alpha value is -1.10. The molecule has 0 aliphatic carbocycles. The molecule has 0 saturated carbocycles. The van der Waals surface area contributed by atoms with Crippen molar-refractivity contribution in [3.63, 3.8) is 0 Å². The molecule has 19 heavy (non-hydrogen) atoms. The van der Waals surface area contributed by atoms with E-state index in [0.717, 1.165) is 25.8 Å². The highest BCUT2D eigenvalue weighted by Gasteiger charge is 2.30. The maximum atomic E-state index is 12.2. The summed E-state index contributed by atoms with van der Waals surface area (Å²) in [5.74, 6) is -0.450. The number of carboxylic acid groups (broad SMARTS) is 1. The topological polar surface area (TPSA) is 77.8 Å². The number of aliphatic carboxylic acids is 1. The van der Waals surface area contributed by atoms with E-state index in [1.807, 2.05) is 18.7 Å². The number of amides is 1. The Bertz CT molecular complexity index is 325. The predicted octanol–water partition coefficient (Wildman–Crippen LogP) is 1.50.